The van der Waals surface area contributed by atoms with E-state index in [1.54, 1.807) is 29.2 Å². The van der Waals surface area contributed by atoms with Crippen LogP contribution in [0.4, 0.5) is 5.69 Å². The fourth-order valence-corrected chi connectivity index (χ4v) is 4.09. The Kier molecular flexibility index (Phi) is 4.53. The Hall–Kier alpha value is -1.68. The number of halogens is 1. The number of rotatable bonds is 3. The van der Waals surface area contributed by atoms with Gasteiger partial charge in [0.05, 0.1) is 6.04 Å². The lowest BCUT2D eigenvalue weighted by Gasteiger charge is -2.35. The number of benzene rings is 1. The highest BCUT2D eigenvalue weighted by Crippen LogP contribution is 2.39. The van der Waals surface area contributed by atoms with Gasteiger partial charge in [0.1, 0.15) is 11.7 Å². The summed E-state index contributed by atoms with van der Waals surface area (Å²) in [6.45, 7) is 1.41. The fourth-order valence-electron chi connectivity index (χ4n) is 3.97. The minimum atomic E-state index is -0.832. The molecule has 1 saturated carbocycles. The number of hydrogen-bond acceptors (Lipinski definition) is 3. The van der Waals surface area contributed by atoms with Gasteiger partial charge < -0.3 is 4.90 Å². The second-order valence-electron chi connectivity index (χ2n) is 6.49. The van der Waals surface area contributed by atoms with Crippen molar-refractivity contribution in [2.75, 3.05) is 4.90 Å². The van der Waals surface area contributed by atoms with Gasteiger partial charge in [0, 0.05) is 10.7 Å². The summed E-state index contributed by atoms with van der Waals surface area (Å²) in [5, 5.41) is 0.573. The predicted molar refractivity (Wildman–Crippen MR) is 88.5 cm³/mol. The Morgan fingerprint density at radius 2 is 1.70 bits per heavy atom. The van der Waals surface area contributed by atoms with E-state index < -0.39 is 17.6 Å². The van der Waals surface area contributed by atoms with E-state index in [1.807, 2.05) is 0 Å². The highest BCUT2D eigenvalue weighted by atomic mass is 35.5. The molecule has 0 spiro atoms. The molecule has 1 aromatic rings. The van der Waals surface area contributed by atoms with E-state index in [9.17, 15) is 14.4 Å². The first kappa shape index (κ1) is 16.2. The van der Waals surface area contributed by atoms with Gasteiger partial charge in [0.15, 0.2) is 0 Å². The summed E-state index contributed by atoms with van der Waals surface area (Å²) < 4.78 is 0. The lowest BCUT2D eigenvalue weighted by molar-refractivity contribution is -0.138. The van der Waals surface area contributed by atoms with Gasteiger partial charge in [-0.15, -0.1) is 0 Å². The summed E-state index contributed by atoms with van der Waals surface area (Å²) >= 11 is 5.92. The number of carbonyl (C=O) groups is 3. The Balaban J connectivity index is 2.02. The second kappa shape index (κ2) is 6.44. The molecule has 2 fully saturated rings. The number of nitrogens with zero attached hydrogens (tertiary/aromatic N) is 1. The van der Waals surface area contributed by atoms with Crippen LogP contribution >= 0.6 is 11.6 Å². The molecule has 2 atom stereocenters. The molecule has 1 aliphatic carbocycles. The van der Waals surface area contributed by atoms with Gasteiger partial charge in [0.25, 0.3) is 5.91 Å². The molecule has 122 valence electrons. The minimum absolute atomic E-state index is 0.198. The summed E-state index contributed by atoms with van der Waals surface area (Å²) in [4.78, 5) is 38.6. The number of hydrogen-bond donors (Lipinski definition) is 0. The van der Waals surface area contributed by atoms with E-state index >= 15 is 0 Å². The largest absolute Gasteiger partial charge is 0.301 e. The zero-order valence-corrected chi connectivity index (χ0v) is 13.9. The molecule has 3 rings (SSSR count). The maximum Gasteiger partial charge on any atom is 0.295 e. The summed E-state index contributed by atoms with van der Waals surface area (Å²) in [5.41, 5.74) is 0.645. The van der Waals surface area contributed by atoms with Crippen LogP contribution < -0.4 is 4.90 Å². The molecule has 0 bridgehead atoms. The Morgan fingerprint density at radius 1 is 1.09 bits per heavy atom. The summed E-state index contributed by atoms with van der Waals surface area (Å²) in [7, 11) is 0. The number of Topliss-reactive ketones (excluding diaryl/α,β-unsaturated/α-hetero) is 2. The van der Waals surface area contributed by atoms with Crippen molar-refractivity contribution in [3.05, 3.63) is 29.3 Å². The second-order valence-corrected chi connectivity index (χ2v) is 6.93. The minimum Gasteiger partial charge on any atom is -0.301 e. The first-order chi connectivity index (χ1) is 11.0. The average molecular weight is 334 g/mol. The molecule has 0 N–H and O–H groups in total. The third kappa shape index (κ3) is 2.92. The molecule has 2 aliphatic rings. The van der Waals surface area contributed by atoms with E-state index in [1.165, 1.54) is 13.3 Å². The normalized spacial score (nSPS) is 25.9. The van der Waals surface area contributed by atoms with E-state index in [4.69, 9.17) is 11.6 Å². The molecule has 23 heavy (non-hydrogen) atoms. The van der Waals surface area contributed by atoms with E-state index in [2.05, 4.69) is 0 Å². The SMILES string of the molecule is CC(=O)C1C(=O)C(=O)N(c2ccc(Cl)cc2)C1C1CCCCC1. The lowest BCUT2D eigenvalue weighted by atomic mass is 9.77. The lowest BCUT2D eigenvalue weighted by Crippen LogP contribution is -2.43. The molecule has 5 heteroatoms. The third-order valence-corrected chi connectivity index (χ3v) is 5.28. The molecule has 0 radical (unpaired) electrons. The van der Waals surface area contributed by atoms with Gasteiger partial charge in [0.2, 0.25) is 5.78 Å². The van der Waals surface area contributed by atoms with Crippen molar-refractivity contribution in [2.45, 2.75) is 45.1 Å². The Labute approximate surface area is 140 Å². The number of ketones is 2. The van der Waals surface area contributed by atoms with Crippen LogP contribution in [0.3, 0.4) is 0 Å². The molecular formula is C18H20ClNO3. The van der Waals surface area contributed by atoms with Crippen molar-refractivity contribution in [1.82, 2.24) is 0 Å². The average Bonchev–Trinajstić information content (AvgIpc) is 2.81. The van der Waals surface area contributed by atoms with Gasteiger partial charge in [-0.3, -0.25) is 14.4 Å². The van der Waals surface area contributed by atoms with Crippen molar-refractivity contribution in [2.24, 2.45) is 11.8 Å². The first-order valence-corrected chi connectivity index (χ1v) is 8.52. The number of anilines is 1. The fraction of sp³-hybridized carbons (Fsp3) is 0.500. The topological polar surface area (TPSA) is 54.5 Å². The maximum atomic E-state index is 12.5. The van der Waals surface area contributed by atoms with Crippen LogP contribution in [0.2, 0.25) is 5.02 Å². The van der Waals surface area contributed by atoms with Gasteiger partial charge in [-0.1, -0.05) is 30.9 Å². The molecule has 0 aromatic heterocycles. The molecule has 2 unspecified atom stereocenters. The van der Waals surface area contributed by atoms with Crippen LogP contribution in [0.1, 0.15) is 39.0 Å². The van der Waals surface area contributed by atoms with Crippen LogP contribution in [-0.2, 0) is 14.4 Å². The zero-order valence-electron chi connectivity index (χ0n) is 13.1. The van der Waals surface area contributed by atoms with Crippen LogP contribution in [0.25, 0.3) is 0 Å². The molecule has 1 aliphatic heterocycles. The van der Waals surface area contributed by atoms with Crippen molar-refractivity contribution in [3.63, 3.8) is 0 Å². The Morgan fingerprint density at radius 3 is 2.26 bits per heavy atom. The molecular weight excluding hydrogens is 314 g/mol. The third-order valence-electron chi connectivity index (χ3n) is 5.03. The van der Waals surface area contributed by atoms with Crippen molar-refractivity contribution >= 4 is 34.8 Å². The van der Waals surface area contributed by atoms with Crippen molar-refractivity contribution in [1.29, 1.82) is 0 Å². The van der Waals surface area contributed by atoms with Crippen LogP contribution in [0.15, 0.2) is 24.3 Å². The highest BCUT2D eigenvalue weighted by Gasteiger charge is 2.52. The first-order valence-electron chi connectivity index (χ1n) is 8.14. The van der Waals surface area contributed by atoms with E-state index in [0.29, 0.717) is 10.7 Å². The van der Waals surface area contributed by atoms with Gasteiger partial charge >= 0.3 is 0 Å². The maximum absolute atomic E-state index is 12.5. The highest BCUT2D eigenvalue weighted by molar-refractivity contribution is 6.48. The van der Waals surface area contributed by atoms with Crippen molar-refractivity contribution in [3.8, 4) is 0 Å². The summed E-state index contributed by atoms with van der Waals surface area (Å²) in [5.74, 6) is -1.98. The van der Waals surface area contributed by atoms with Gasteiger partial charge in [-0.2, -0.15) is 0 Å². The summed E-state index contributed by atoms with van der Waals surface area (Å²) in [6.07, 6.45) is 5.26. The molecule has 1 aromatic carbocycles. The van der Waals surface area contributed by atoms with Gasteiger partial charge in [-0.25, -0.2) is 0 Å². The Bertz CT molecular complexity index is 634. The predicted octanol–water partition coefficient (Wildman–Crippen LogP) is 3.41. The molecule has 4 nitrogen and oxygen atoms in total. The van der Waals surface area contributed by atoms with Crippen LogP contribution in [0.5, 0.6) is 0 Å². The van der Waals surface area contributed by atoms with Crippen LogP contribution in [0, 0.1) is 11.8 Å². The monoisotopic (exact) mass is 333 g/mol. The zero-order chi connectivity index (χ0) is 16.6. The molecule has 1 heterocycles. The van der Waals surface area contributed by atoms with E-state index in [-0.39, 0.29) is 17.7 Å². The van der Waals surface area contributed by atoms with Crippen molar-refractivity contribution < 1.29 is 14.4 Å². The number of amides is 1. The standard InChI is InChI=1S/C18H20ClNO3/c1-11(21)15-16(12-5-3-2-4-6-12)20(18(23)17(15)22)14-9-7-13(19)8-10-14/h7-10,12,15-16H,2-6H2,1H3. The molecule has 1 amide bonds. The van der Waals surface area contributed by atoms with Gasteiger partial charge in [-0.05, 0) is 49.9 Å². The van der Waals surface area contributed by atoms with Crippen LogP contribution in [-0.4, -0.2) is 23.5 Å². The smallest absolute Gasteiger partial charge is 0.295 e. The molecule has 1 saturated heterocycles. The summed E-state index contributed by atoms with van der Waals surface area (Å²) in [6, 6.07) is 6.54. The van der Waals surface area contributed by atoms with E-state index in [0.717, 1.165) is 25.7 Å². The quantitative estimate of drug-likeness (QED) is 0.629. The number of carbonyl (C=O) groups excluding carboxylic acids is 3.